The van der Waals surface area contributed by atoms with E-state index in [-0.39, 0.29) is 32.5 Å². The van der Waals surface area contributed by atoms with E-state index in [9.17, 15) is 23.8 Å². The predicted octanol–water partition coefficient (Wildman–Crippen LogP) is 6.95. The van der Waals surface area contributed by atoms with Crippen molar-refractivity contribution in [2.45, 2.75) is 148 Å². The molecule has 0 fully saturated rings. The Morgan fingerprint density at radius 2 is 1.11 bits per heavy atom. The summed E-state index contributed by atoms with van der Waals surface area (Å²) in [6.07, 6.45) is 18.5. The van der Waals surface area contributed by atoms with Crippen molar-refractivity contribution >= 4 is 25.7 Å². The summed E-state index contributed by atoms with van der Waals surface area (Å²) in [7, 11) is 1.06. The molecule has 266 valence electrons. The number of ether oxygens (including phenoxy) is 2. The van der Waals surface area contributed by atoms with Crippen LogP contribution in [0.5, 0.6) is 0 Å². The Bertz CT molecular complexity index is 818. The fraction of sp³-hybridized carbons (Fsp3) is 0.909. The zero-order valence-electron chi connectivity index (χ0n) is 28.8. The van der Waals surface area contributed by atoms with Crippen LogP contribution < -0.4 is 4.89 Å². The van der Waals surface area contributed by atoms with E-state index in [2.05, 4.69) is 6.92 Å². The van der Waals surface area contributed by atoms with E-state index >= 15 is 0 Å². The molecular weight excluding hydrogens is 601 g/mol. The maximum absolute atomic E-state index is 12.4. The highest BCUT2D eigenvalue weighted by Gasteiger charge is 2.21. The van der Waals surface area contributed by atoms with Gasteiger partial charge in [0.05, 0.1) is 27.7 Å². The Labute approximate surface area is 272 Å². The minimum absolute atomic E-state index is 0.0602. The average molecular weight is 666 g/mol. The molecule has 0 aliphatic carbocycles. The van der Waals surface area contributed by atoms with E-state index in [4.69, 9.17) is 23.6 Å². The third kappa shape index (κ3) is 32.2. The number of hydrogen-bond donors (Lipinski definition) is 1. The molecule has 0 spiro atoms. The molecule has 0 aliphatic rings. The first-order chi connectivity index (χ1) is 21.3. The van der Waals surface area contributed by atoms with Crippen LogP contribution in [0.4, 0.5) is 0 Å². The molecular formula is C33H64NO10P. The molecule has 0 saturated carbocycles. The van der Waals surface area contributed by atoms with Gasteiger partial charge >= 0.3 is 17.9 Å². The summed E-state index contributed by atoms with van der Waals surface area (Å²) in [5.41, 5.74) is 0. The van der Waals surface area contributed by atoms with Gasteiger partial charge in [-0.1, -0.05) is 103 Å². The second-order valence-corrected chi connectivity index (χ2v) is 14.4. The summed E-state index contributed by atoms with van der Waals surface area (Å²) in [5, 5.41) is 8.70. The number of hydrogen-bond acceptors (Lipinski definition) is 9. The van der Waals surface area contributed by atoms with Crippen molar-refractivity contribution in [2.24, 2.45) is 0 Å². The number of carbonyl (C=O) groups is 3. The molecule has 2 unspecified atom stereocenters. The van der Waals surface area contributed by atoms with Crippen molar-refractivity contribution < 1.29 is 52.0 Å². The van der Waals surface area contributed by atoms with Crippen LogP contribution in [-0.2, 0) is 37.5 Å². The minimum Gasteiger partial charge on any atom is -0.756 e. The Balaban J connectivity index is 4.42. The fourth-order valence-electron chi connectivity index (χ4n) is 4.62. The van der Waals surface area contributed by atoms with E-state index in [0.717, 1.165) is 38.5 Å². The Hall–Kier alpha value is -1.52. The maximum atomic E-state index is 12.4. The van der Waals surface area contributed by atoms with E-state index in [1.807, 2.05) is 21.1 Å². The molecule has 0 radical (unpaired) electrons. The molecule has 0 saturated heterocycles. The lowest BCUT2D eigenvalue weighted by Gasteiger charge is -2.28. The van der Waals surface area contributed by atoms with Crippen LogP contribution in [0.2, 0.25) is 0 Å². The molecule has 0 aromatic rings. The zero-order valence-corrected chi connectivity index (χ0v) is 29.7. The smallest absolute Gasteiger partial charge is 0.306 e. The number of phosphoric ester groups is 1. The third-order valence-electron chi connectivity index (χ3n) is 7.41. The second-order valence-electron chi connectivity index (χ2n) is 13.0. The largest absolute Gasteiger partial charge is 0.756 e. The van der Waals surface area contributed by atoms with Gasteiger partial charge in [-0.3, -0.25) is 18.9 Å². The molecule has 2 atom stereocenters. The summed E-state index contributed by atoms with van der Waals surface area (Å²) < 4.78 is 33.3. The molecule has 0 rings (SSSR count). The third-order valence-corrected chi connectivity index (χ3v) is 8.38. The second kappa shape index (κ2) is 27.6. The van der Waals surface area contributed by atoms with Crippen molar-refractivity contribution in [3.63, 3.8) is 0 Å². The summed E-state index contributed by atoms with van der Waals surface area (Å²) in [5.74, 6) is -1.79. The van der Waals surface area contributed by atoms with Crippen molar-refractivity contribution in [1.29, 1.82) is 0 Å². The SMILES string of the molecule is CCCCCCCCCCCCCCCC(=O)OCC(COP(=O)([O-])OCC[N+](C)(C)C)OC(=O)CCCCCCCC(=O)O. The number of unbranched alkanes of at least 4 members (excludes halogenated alkanes) is 16. The molecule has 0 aromatic heterocycles. The number of quaternary nitrogens is 1. The topological polar surface area (TPSA) is 148 Å². The standard InChI is InChI=1S/C33H64NO10P/c1-5-6-7-8-9-10-11-12-13-14-15-18-21-24-32(37)41-28-30(29-43-45(39,40)42-27-26-34(2,3)4)44-33(38)25-22-19-16-17-20-23-31(35)36/h30H,5-29H2,1-4H3,(H-,35,36,39,40). The van der Waals surface area contributed by atoms with Gasteiger partial charge in [-0.2, -0.15) is 0 Å². The molecule has 45 heavy (non-hydrogen) atoms. The van der Waals surface area contributed by atoms with Gasteiger partial charge in [0.15, 0.2) is 6.10 Å². The maximum Gasteiger partial charge on any atom is 0.306 e. The van der Waals surface area contributed by atoms with Crippen molar-refractivity contribution in [3.8, 4) is 0 Å². The van der Waals surface area contributed by atoms with Crippen LogP contribution in [0, 0.1) is 0 Å². The number of rotatable bonds is 32. The summed E-state index contributed by atoms with van der Waals surface area (Å²) in [6.45, 7) is 1.80. The van der Waals surface area contributed by atoms with Crippen LogP contribution in [0.1, 0.15) is 142 Å². The van der Waals surface area contributed by atoms with Gasteiger partial charge in [-0.25, -0.2) is 0 Å². The van der Waals surface area contributed by atoms with Gasteiger partial charge in [-0.05, 0) is 19.3 Å². The molecule has 0 aromatic carbocycles. The molecule has 0 heterocycles. The highest BCUT2D eigenvalue weighted by atomic mass is 31.2. The molecule has 1 N–H and O–H groups in total. The molecule has 12 heteroatoms. The number of esters is 2. The lowest BCUT2D eigenvalue weighted by molar-refractivity contribution is -0.870. The Kier molecular flexibility index (Phi) is 26.6. The first-order valence-electron chi connectivity index (χ1n) is 17.3. The lowest BCUT2D eigenvalue weighted by atomic mass is 10.0. The molecule has 0 aliphatic heterocycles. The van der Waals surface area contributed by atoms with Crippen molar-refractivity contribution in [3.05, 3.63) is 0 Å². The predicted molar refractivity (Wildman–Crippen MR) is 174 cm³/mol. The Morgan fingerprint density at radius 3 is 1.58 bits per heavy atom. The highest BCUT2D eigenvalue weighted by Crippen LogP contribution is 2.38. The highest BCUT2D eigenvalue weighted by molar-refractivity contribution is 7.45. The number of phosphoric acid groups is 1. The number of aliphatic carboxylic acids is 1. The average Bonchev–Trinajstić information content (AvgIpc) is 2.95. The number of carboxylic acid groups (broad SMARTS) is 1. The molecule has 0 amide bonds. The number of nitrogens with zero attached hydrogens (tertiary/aromatic N) is 1. The Morgan fingerprint density at radius 1 is 0.667 bits per heavy atom. The molecule has 0 bridgehead atoms. The van der Waals surface area contributed by atoms with Gasteiger partial charge < -0.3 is 33.0 Å². The first kappa shape index (κ1) is 43.5. The van der Waals surface area contributed by atoms with Gasteiger partial charge in [0, 0.05) is 19.3 Å². The van der Waals surface area contributed by atoms with Gasteiger partial charge in [0.2, 0.25) is 0 Å². The number of likely N-dealkylation sites (N-methyl/N-ethyl adjacent to an activating group) is 1. The van der Waals surface area contributed by atoms with Gasteiger partial charge in [-0.15, -0.1) is 0 Å². The van der Waals surface area contributed by atoms with Crippen LogP contribution in [-0.4, -0.2) is 81.1 Å². The van der Waals surface area contributed by atoms with E-state index < -0.39 is 38.4 Å². The summed E-state index contributed by atoms with van der Waals surface area (Å²) in [4.78, 5) is 47.6. The van der Waals surface area contributed by atoms with Crippen LogP contribution in [0.3, 0.4) is 0 Å². The molecule has 11 nitrogen and oxygen atoms in total. The quantitative estimate of drug-likeness (QED) is 0.0346. The zero-order chi connectivity index (χ0) is 33.8. The lowest BCUT2D eigenvalue weighted by Crippen LogP contribution is -2.37. The van der Waals surface area contributed by atoms with E-state index in [1.54, 1.807) is 0 Å². The number of carbonyl (C=O) groups excluding carboxylic acids is 2. The van der Waals surface area contributed by atoms with Crippen LogP contribution in [0.25, 0.3) is 0 Å². The number of carboxylic acids is 1. The first-order valence-corrected chi connectivity index (χ1v) is 18.8. The van der Waals surface area contributed by atoms with Crippen LogP contribution in [0.15, 0.2) is 0 Å². The fourth-order valence-corrected chi connectivity index (χ4v) is 5.35. The minimum atomic E-state index is -4.64. The van der Waals surface area contributed by atoms with Gasteiger partial charge in [0.25, 0.3) is 7.82 Å². The normalized spacial score (nSPS) is 13.7. The van der Waals surface area contributed by atoms with Crippen molar-refractivity contribution in [2.75, 3.05) is 47.5 Å². The summed E-state index contributed by atoms with van der Waals surface area (Å²) >= 11 is 0. The van der Waals surface area contributed by atoms with Crippen LogP contribution >= 0.6 is 7.82 Å². The van der Waals surface area contributed by atoms with E-state index in [0.29, 0.717) is 30.3 Å². The van der Waals surface area contributed by atoms with Crippen molar-refractivity contribution in [1.82, 2.24) is 0 Å². The van der Waals surface area contributed by atoms with E-state index in [1.165, 1.54) is 57.8 Å². The monoisotopic (exact) mass is 665 g/mol. The summed E-state index contributed by atoms with van der Waals surface area (Å²) in [6, 6.07) is 0. The van der Waals surface area contributed by atoms with Gasteiger partial charge in [0.1, 0.15) is 19.8 Å².